The van der Waals surface area contributed by atoms with Crippen molar-refractivity contribution < 1.29 is 19.5 Å². The van der Waals surface area contributed by atoms with Gasteiger partial charge in [0.25, 0.3) is 0 Å². The first-order chi connectivity index (χ1) is 23.8. The first-order valence-electron chi connectivity index (χ1n) is 18.3. The lowest BCUT2D eigenvalue weighted by atomic mass is 9.98. The van der Waals surface area contributed by atoms with Crippen LogP contribution in [-0.2, 0) is 16.9 Å². The predicted molar refractivity (Wildman–Crippen MR) is 187 cm³/mol. The van der Waals surface area contributed by atoms with Crippen LogP contribution in [0, 0.1) is 0 Å². The Hall–Kier alpha value is -3.71. The molecule has 6 N–H and O–H groups in total. The zero-order chi connectivity index (χ0) is 34.0. The van der Waals surface area contributed by atoms with E-state index in [9.17, 15) is 19.5 Å². The summed E-state index contributed by atoms with van der Waals surface area (Å²) < 4.78 is 0. The average Bonchev–Trinajstić information content (AvgIpc) is 3.80. The number of likely N-dealkylation sites (tertiary alicyclic amines) is 3. The molecule has 5 amide bonds. The molecule has 4 heterocycles. The van der Waals surface area contributed by atoms with Gasteiger partial charge in [0.15, 0.2) is 0 Å². The molecule has 12 nitrogen and oxygen atoms in total. The van der Waals surface area contributed by atoms with Crippen molar-refractivity contribution in [3.63, 3.8) is 0 Å². The van der Waals surface area contributed by atoms with Crippen LogP contribution in [0.25, 0.3) is 0 Å². The van der Waals surface area contributed by atoms with Crippen LogP contribution in [0.15, 0.2) is 54.6 Å². The van der Waals surface area contributed by atoms with Gasteiger partial charge in [-0.2, -0.15) is 0 Å². The van der Waals surface area contributed by atoms with Crippen molar-refractivity contribution in [2.45, 2.75) is 100 Å². The largest absolute Gasteiger partial charge is 0.376 e. The maximum Gasteiger partial charge on any atom is 0.322 e. The molecule has 7 rings (SSSR count). The predicted octanol–water partition coefficient (Wildman–Crippen LogP) is 2.98. The fraction of sp³-hybridized carbons (Fsp3) is 0.595. The number of fused-ring (bicyclic) bond motifs is 1. The third-order valence-corrected chi connectivity index (χ3v) is 11.6. The molecule has 0 radical (unpaired) electrons. The van der Waals surface area contributed by atoms with E-state index in [2.05, 4.69) is 20.9 Å². The van der Waals surface area contributed by atoms with Crippen LogP contribution in [0.1, 0.15) is 68.9 Å². The number of nitrogens with two attached hydrogens (primary N) is 1. The van der Waals surface area contributed by atoms with Crippen LogP contribution in [0.5, 0.6) is 0 Å². The average molecular weight is 673 g/mol. The van der Waals surface area contributed by atoms with Gasteiger partial charge in [0, 0.05) is 50.5 Å². The van der Waals surface area contributed by atoms with Gasteiger partial charge in [-0.1, -0.05) is 55.0 Å². The number of urea groups is 2. The van der Waals surface area contributed by atoms with E-state index in [0.29, 0.717) is 58.0 Å². The highest BCUT2D eigenvalue weighted by molar-refractivity contribution is 5.92. The zero-order valence-corrected chi connectivity index (χ0v) is 28.4. The van der Waals surface area contributed by atoms with Gasteiger partial charge in [-0.15, -0.1) is 0 Å². The molecule has 3 saturated heterocycles. The normalized spacial score (nSPS) is 26.7. The quantitative estimate of drug-likeness (QED) is 0.275. The Bertz CT molecular complexity index is 1470. The van der Waals surface area contributed by atoms with Crippen LogP contribution >= 0.6 is 0 Å². The number of nitrogens with zero attached hydrogens (tertiary/aromatic N) is 4. The van der Waals surface area contributed by atoms with E-state index in [-0.39, 0.29) is 30.4 Å². The number of piperidine rings is 3. The Morgan fingerprint density at radius 2 is 1.57 bits per heavy atom. The van der Waals surface area contributed by atoms with Gasteiger partial charge in [0.2, 0.25) is 5.91 Å². The highest BCUT2D eigenvalue weighted by Crippen LogP contribution is 2.43. The maximum absolute atomic E-state index is 13.8. The van der Waals surface area contributed by atoms with Crippen LogP contribution in [0.2, 0.25) is 0 Å². The molecule has 12 heteroatoms. The fourth-order valence-electron chi connectivity index (χ4n) is 8.44. The number of hydrogen-bond acceptors (Lipinski definition) is 7. The second kappa shape index (κ2) is 14.6. The molecule has 0 aromatic heterocycles. The molecular weight excluding hydrogens is 620 g/mol. The molecule has 4 aliphatic heterocycles. The second-order valence-electron chi connectivity index (χ2n) is 14.7. The number of para-hydroxylation sites is 1. The van der Waals surface area contributed by atoms with Crippen LogP contribution in [-0.4, -0.2) is 112 Å². The first-order valence-corrected chi connectivity index (χ1v) is 18.3. The fourth-order valence-corrected chi connectivity index (χ4v) is 8.44. The molecule has 5 aliphatic rings. The third-order valence-electron chi connectivity index (χ3n) is 11.6. The smallest absolute Gasteiger partial charge is 0.322 e. The molecule has 4 atom stereocenters. The Kier molecular flexibility index (Phi) is 10.1. The summed E-state index contributed by atoms with van der Waals surface area (Å²) in [6.07, 6.45) is 6.67. The number of nitrogens with one attached hydrogen (secondary N) is 3. The third kappa shape index (κ3) is 7.57. The highest BCUT2D eigenvalue weighted by atomic mass is 16.3. The van der Waals surface area contributed by atoms with E-state index >= 15 is 0 Å². The van der Waals surface area contributed by atoms with E-state index in [0.717, 1.165) is 42.7 Å². The molecule has 0 bridgehead atoms. The van der Waals surface area contributed by atoms with Gasteiger partial charge < -0.3 is 41.5 Å². The van der Waals surface area contributed by atoms with Gasteiger partial charge in [0.05, 0.1) is 24.0 Å². The molecule has 2 aromatic rings. The number of carbonyl (C=O) groups excluding carboxylic acids is 3. The van der Waals surface area contributed by atoms with Crippen molar-refractivity contribution in [1.82, 2.24) is 30.2 Å². The monoisotopic (exact) mass is 672 g/mol. The minimum atomic E-state index is -0.998. The summed E-state index contributed by atoms with van der Waals surface area (Å²) in [7, 11) is 0. The molecule has 1 saturated carbocycles. The molecule has 2 aromatic carbocycles. The Balaban J connectivity index is 0.966. The van der Waals surface area contributed by atoms with E-state index in [1.165, 1.54) is 19.3 Å². The second-order valence-corrected chi connectivity index (χ2v) is 14.7. The van der Waals surface area contributed by atoms with Crippen LogP contribution < -0.4 is 21.7 Å². The van der Waals surface area contributed by atoms with Crippen molar-refractivity contribution in [3.05, 3.63) is 65.7 Å². The minimum absolute atomic E-state index is 0.0139. The lowest BCUT2D eigenvalue weighted by molar-refractivity contribution is -0.135. The van der Waals surface area contributed by atoms with Crippen LogP contribution in [0.3, 0.4) is 0 Å². The Morgan fingerprint density at radius 3 is 2.31 bits per heavy atom. The van der Waals surface area contributed by atoms with E-state index < -0.39 is 23.8 Å². The number of aliphatic hydroxyl groups excluding tert-OH is 1. The van der Waals surface area contributed by atoms with Gasteiger partial charge in [-0.25, -0.2) is 9.59 Å². The van der Waals surface area contributed by atoms with Gasteiger partial charge in [-0.3, -0.25) is 9.69 Å². The van der Waals surface area contributed by atoms with Crippen molar-refractivity contribution in [2.24, 2.45) is 5.73 Å². The molecule has 4 fully saturated rings. The number of carbonyl (C=O) groups is 3. The summed E-state index contributed by atoms with van der Waals surface area (Å²) in [4.78, 5) is 48.4. The van der Waals surface area contributed by atoms with Gasteiger partial charge >= 0.3 is 12.1 Å². The first kappa shape index (κ1) is 33.8. The van der Waals surface area contributed by atoms with Crippen molar-refractivity contribution in [2.75, 3.05) is 44.6 Å². The van der Waals surface area contributed by atoms with Crippen molar-refractivity contribution in [3.8, 4) is 0 Å². The number of aliphatic hydroxyl groups is 1. The number of anilines is 1. The van der Waals surface area contributed by atoms with Gasteiger partial charge in [-0.05, 0) is 75.2 Å². The molecule has 0 unspecified atom stereocenters. The lowest BCUT2D eigenvalue weighted by Crippen LogP contribution is -2.59. The van der Waals surface area contributed by atoms with Crippen LogP contribution in [0.4, 0.5) is 15.3 Å². The molecule has 264 valence electrons. The zero-order valence-electron chi connectivity index (χ0n) is 28.4. The summed E-state index contributed by atoms with van der Waals surface area (Å²) in [6.45, 7) is 5.30. The summed E-state index contributed by atoms with van der Waals surface area (Å²) in [5.74, 6) is -0.108. The molecule has 49 heavy (non-hydrogen) atoms. The minimum Gasteiger partial charge on any atom is -0.376 e. The number of hydrogen-bond donors (Lipinski definition) is 5. The Labute approximate surface area is 289 Å². The standard InChI is InChI=1S/C37H52N8O4/c38-37(27-10-3-1-4-11-27)24-32(37)41-35(48)39-31(34(47)44-21-13-28(14-22-44)42-17-7-2-8-18-42)23-33(46)43-19-15-29(16-20-43)45-25-26-9-5-6-12-30(26)40-36(45)49/h1,3-6,9-12,28-29,31-32,34,47H,2,7-8,13-25,38H2,(H,40,49)(H2,39,41,48)/t31-,32+,34-,37+/m0/s1. The number of rotatable bonds is 9. The summed E-state index contributed by atoms with van der Waals surface area (Å²) >= 11 is 0. The Morgan fingerprint density at radius 1 is 0.898 bits per heavy atom. The SMILES string of the molecule is N[C@@]1(c2ccccc2)C[C@H]1NC(=O)N[C@@H](CC(=O)N1CCC(N2Cc3ccccc3NC2=O)CC1)[C@H](O)N1CCC(N2CCCCC2)CC1. The molecular formula is C37H52N8O4. The number of benzene rings is 2. The van der Waals surface area contributed by atoms with Crippen molar-refractivity contribution in [1.29, 1.82) is 0 Å². The van der Waals surface area contributed by atoms with E-state index in [1.807, 2.05) is 69.3 Å². The lowest BCUT2D eigenvalue weighted by Gasteiger charge is -2.43. The highest BCUT2D eigenvalue weighted by Gasteiger charge is 2.53. The van der Waals surface area contributed by atoms with Crippen molar-refractivity contribution >= 4 is 23.7 Å². The van der Waals surface area contributed by atoms with Gasteiger partial charge in [0.1, 0.15) is 6.23 Å². The molecule has 0 spiro atoms. The topological polar surface area (TPSA) is 147 Å². The summed E-state index contributed by atoms with van der Waals surface area (Å²) in [6, 6.07) is 16.6. The van der Waals surface area contributed by atoms with E-state index in [4.69, 9.17) is 5.73 Å². The summed E-state index contributed by atoms with van der Waals surface area (Å²) in [5, 5.41) is 20.7. The summed E-state index contributed by atoms with van der Waals surface area (Å²) in [5.41, 5.74) is 8.91. The van der Waals surface area contributed by atoms with E-state index in [1.54, 1.807) is 0 Å². The maximum atomic E-state index is 13.8. The molecule has 1 aliphatic carbocycles. The number of amides is 5.